The lowest BCUT2D eigenvalue weighted by atomic mass is 10.1. The monoisotopic (exact) mass is 269 g/mol. The Bertz CT molecular complexity index is 519. The largest absolute Gasteiger partial charge is 0.311 e. The maximum absolute atomic E-state index is 11.6. The molecule has 1 aromatic carbocycles. The van der Waals surface area contributed by atoms with E-state index in [2.05, 4.69) is 37.4 Å². The third-order valence-electron chi connectivity index (χ3n) is 3.45. The zero-order chi connectivity index (χ0) is 14.0. The highest BCUT2D eigenvalue weighted by atomic mass is 32.2. The van der Waals surface area contributed by atoms with Crippen LogP contribution in [0, 0.1) is 13.8 Å². The van der Waals surface area contributed by atoms with Gasteiger partial charge in [-0.25, -0.2) is 8.42 Å². The van der Waals surface area contributed by atoms with Gasteiger partial charge in [0.05, 0.1) is 4.75 Å². The fourth-order valence-corrected chi connectivity index (χ4v) is 1.92. The average Bonchev–Trinajstić information content (AvgIpc) is 2.21. The van der Waals surface area contributed by atoms with E-state index in [1.54, 1.807) is 13.8 Å². The van der Waals surface area contributed by atoms with Crippen LogP contribution in [0.5, 0.6) is 0 Å². The van der Waals surface area contributed by atoms with Crippen molar-refractivity contribution in [1.82, 2.24) is 5.32 Å². The van der Waals surface area contributed by atoms with Gasteiger partial charge in [-0.2, -0.15) is 0 Å². The number of aryl methyl sites for hydroxylation is 2. The van der Waals surface area contributed by atoms with Crippen molar-refractivity contribution in [3.63, 3.8) is 0 Å². The van der Waals surface area contributed by atoms with E-state index in [9.17, 15) is 8.42 Å². The van der Waals surface area contributed by atoms with Gasteiger partial charge in [-0.1, -0.05) is 18.2 Å². The Morgan fingerprint density at radius 1 is 1.17 bits per heavy atom. The van der Waals surface area contributed by atoms with E-state index in [-0.39, 0.29) is 0 Å². The molecule has 3 nitrogen and oxygen atoms in total. The molecule has 0 unspecified atom stereocenters. The lowest BCUT2D eigenvalue weighted by molar-refractivity contribution is 0.521. The summed E-state index contributed by atoms with van der Waals surface area (Å²) < 4.78 is 22.4. The first-order valence-corrected chi connectivity index (χ1v) is 7.99. The molecule has 0 aliphatic heterocycles. The first-order valence-electron chi connectivity index (χ1n) is 6.10. The molecular weight excluding hydrogens is 246 g/mol. The summed E-state index contributed by atoms with van der Waals surface area (Å²) >= 11 is 0. The topological polar surface area (TPSA) is 46.2 Å². The molecule has 0 heterocycles. The second-order valence-electron chi connectivity index (χ2n) is 5.55. The molecule has 0 aliphatic rings. The molecule has 0 amide bonds. The molecule has 0 atom stereocenters. The Morgan fingerprint density at radius 2 is 1.78 bits per heavy atom. The summed E-state index contributed by atoms with van der Waals surface area (Å²) in [6.45, 7) is 8.81. The van der Waals surface area contributed by atoms with Gasteiger partial charge >= 0.3 is 0 Å². The second-order valence-corrected chi connectivity index (χ2v) is 8.20. The molecule has 0 bridgehead atoms. The van der Waals surface area contributed by atoms with Gasteiger partial charge in [0.15, 0.2) is 9.84 Å². The number of hydrogen-bond acceptors (Lipinski definition) is 3. The molecule has 1 N–H and O–H groups in total. The quantitative estimate of drug-likeness (QED) is 0.891. The molecule has 0 aromatic heterocycles. The minimum Gasteiger partial charge on any atom is -0.311 e. The van der Waals surface area contributed by atoms with E-state index in [1.807, 2.05) is 0 Å². The molecule has 0 saturated heterocycles. The fourth-order valence-electron chi connectivity index (χ4n) is 1.55. The Balaban J connectivity index is 2.60. The van der Waals surface area contributed by atoms with Crippen LogP contribution in [0.25, 0.3) is 0 Å². The summed E-state index contributed by atoms with van der Waals surface area (Å²) in [5.41, 5.74) is 3.72. The van der Waals surface area contributed by atoms with E-state index in [4.69, 9.17) is 0 Å². The summed E-state index contributed by atoms with van der Waals surface area (Å²) in [5, 5.41) is 3.22. The van der Waals surface area contributed by atoms with Crippen molar-refractivity contribution in [2.75, 3.05) is 12.8 Å². The lowest BCUT2D eigenvalue weighted by Gasteiger charge is -2.23. The Hall–Kier alpha value is -0.870. The van der Waals surface area contributed by atoms with Gasteiger partial charge in [0, 0.05) is 19.3 Å². The van der Waals surface area contributed by atoms with Crippen LogP contribution < -0.4 is 5.32 Å². The number of nitrogens with one attached hydrogen (secondary N) is 1. The van der Waals surface area contributed by atoms with Gasteiger partial charge in [0.2, 0.25) is 0 Å². The van der Waals surface area contributed by atoms with Crippen molar-refractivity contribution in [3.05, 3.63) is 34.9 Å². The van der Waals surface area contributed by atoms with E-state index in [0.29, 0.717) is 13.1 Å². The molecule has 0 spiro atoms. The molecule has 4 heteroatoms. The molecule has 0 fully saturated rings. The maximum Gasteiger partial charge on any atom is 0.153 e. The predicted molar refractivity (Wildman–Crippen MR) is 76.5 cm³/mol. The minimum absolute atomic E-state index is 0.457. The second kappa shape index (κ2) is 5.41. The molecule has 1 rings (SSSR count). The van der Waals surface area contributed by atoms with Crippen LogP contribution in [0.2, 0.25) is 0 Å². The lowest BCUT2D eigenvalue weighted by Crippen LogP contribution is -2.41. The van der Waals surface area contributed by atoms with Crippen LogP contribution in [0.3, 0.4) is 0 Å². The van der Waals surface area contributed by atoms with Crippen molar-refractivity contribution in [1.29, 1.82) is 0 Å². The maximum atomic E-state index is 11.6. The predicted octanol–water partition coefficient (Wildman–Crippen LogP) is 2.22. The zero-order valence-corrected chi connectivity index (χ0v) is 12.7. The highest BCUT2D eigenvalue weighted by molar-refractivity contribution is 7.92. The SMILES string of the molecule is Cc1ccc(CNCC(C)(C)S(C)(=O)=O)cc1C. The summed E-state index contributed by atoms with van der Waals surface area (Å²) in [7, 11) is -3.03. The summed E-state index contributed by atoms with van der Waals surface area (Å²) in [6.07, 6.45) is 1.28. The van der Waals surface area contributed by atoms with Crippen LogP contribution in [0.15, 0.2) is 18.2 Å². The van der Waals surface area contributed by atoms with Crippen molar-refractivity contribution < 1.29 is 8.42 Å². The van der Waals surface area contributed by atoms with Crippen molar-refractivity contribution in [2.24, 2.45) is 0 Å². The summed E-state index contributed by atoms with van der Waals surface area (Å²) in [4.78, 5) is 0. The Morgan fingerprint density at radius 3 is 2.28 bits per heavy atom. The van der Waals surface area contributed by atoms with Crippen LogP contribution in [0.1, 0.15) is 30.5 Å². The Kier molecular flexibility index (Phi) is 4.56. The van der Waals surface area contributed by atoms with Crippen molar-refractivity contribution >= 4 is 9.84 Å². The van der Waals surface area contributed by atoms with Gasteiger partial charge in [0.25, 0.3) is 0 Å². The number of hydrogen-bond donors (Lipinski definition) is 1. The van der Waals surface area contributed by atoms with E-state index < -0.39 is 14.6 Å². The first-order chi connectivity index (χ1) is 8.13. The molecule has 1 aromatic rings. The standard InChI is InChI=1S/C14H23NO2S/c1-11-6-7-13(8-12(11)2)9-15-10-14(3,4)18(5,16)17/h6-8,15H,9-10H2,1-5H3. The zero-order valence-electron chi connectivity index (χ0n) is 11.9. The van der Waals surface area contributed by atoms with Gasteiger partial charge in [-0.3, -0.25) is 0 Å². The Labute approximate surface area is 111 Å². The molecule has 0 saturated carbocycles. The van der Waals surface area contributed by atoms with Crippen LogP contribution >= 0.6 is 0 Å². The molecular formula is C14H23NO2S. The average molecular weight is 269 g/mol. The van der Waals surface area contributed by atoms with Gasteiger partial charge in [-0.05, 0) is 44.4 Å². The van der Waals surface area contributed by atoms with Crippen molar-refractivity contribution in [3.8, 4) is 0 Å². The number of rotatable bonds is 5. The third-order valence-corrected chi connectivity index (χ3v) is 5.61. The van der Waals surface area contributed by atoms with Crippen molar-refractivity contribution in [2.45, 2.75) is 39.0 Å². The third kappa shape index (κ3) is 3.82. The smallest absolute Gasteiger partial charge is 0.153 e. The molecule has 0 aliphatic carbocycles. The minimum atomic E-state index is -3.03. The van der Waals surface area contributed by atoms with Crippen LogP contribution in [0.4, 0.5) is 0 Å². The normalized spacial score (nSPS) is 12.7. The first kappa shape index (κ1) is 15.2. The fraction of sp³-hybridized carbons (Fsp3) is 0.571. The highest BCUT2D eigenvalue weighted by Crippen LogP contribution is 2.14. The van der Waals surface area contributed by atoms with E-state index in [0.717, 1.165) is 0 Å². The molecule has 0 radical (unpaired) electrons. The van der Waals surface area contributed by atoms with Gasteiger partial charge < -0.3 is 5.32 Å². The summed E-state index contributed by atoms with van der Waals surface area (Å²) in [5.74, 6) is 0. The van der Waals surface area contributed by atoms with Gasteiger partial charge in [0.1, 0.15) is 0 Å². The molecule has 18 heavy (non-hydrogen) atoms. The van der Waals surface area contributed by atoms with Crippen LogP contribution in [-0.4, -0.2) is 26.0 Å². The van der Waals surface area contributed by atoms with Gasteiger partial charge in [-0.15, -0.1) is 0 Å². The number of sulfone groups is 1. The number of benzene rings is 1. The van der Waals surface area contributed by atoms with Crippen LogP contribution in [-0.2, 0) is 16.4 Å². The molecule has 102 valence electrons. The van der Waals surface area contributed by atoms with E-state index >= 15 is 0 Å². The van der Waals surface area contributed by atoms with E-state index in [1.165, 1.54) is 22.9 Å². The summed E-state index contributed by atoms with van der Waals surface area (Å²) in [6, 6.07) is 6.30. The highest BCUT2D eigenvalue weighted by Gasteiger charge is 2.29.